The Kier molecular flexibility index (Phi) is 6.85. The molecule has 0 fully saturated rings. The zero-order chi connectivity index (χ0) is 20.2. The Balaban J connectivity index is 1.29. The van der Waals surface area contributed by atoms with Gasteiger partial charge in [-0.15, -0.1) is 0 Å². The maximum absolute atomic E-state index is 6.08. The summed E-state index contributed by atoms with van der Waals surface area (Å²) in [7, 11) is 0. The average Bonchev–Trinajstić information content (AvgIpc) is 3.30. The molecule has 1 aliphatic heterocycles. The molecule has 0 spiro atoms. The molecule has 4 rings (SSSR count). The zero-order valence-electron chi connectivity index (χ0n) is 16.0. The molecule has 0 saturated carbocycles. The fraction of sp³-hybridized carbons (Fsp3) is 0.333. The van der Waals surface area contributed by atoms with Gasteiger partial charge in [0.15, 0.2) is 10.3 Å². The Morgan fingerprint density at radius 3 is 2.72 bits per heavy atom. The lowest BCUT2D eigenvalue weighted by molar-refractivity contribution is 0.670. The standard InChI is InChI=1S/C21H22Cl2N4S2/c1-2-3-15-12-28-21(26-15)25-14-6-4-13(5-7-14)8-9-24-20-27-18-10-16(22)17(23)11-19(18)29-20/h4-7,10-11,15H,2-3,8-9,12H2,1H3,(H,24,27)(H,25,26). The highest BCUT2D eigenvalue weighted by atomic mass is 35.5. The lowest BCUT2D eigenvalue weighted by Gasteiger charge is -2.07. The number of fused-ring (bicyclic) bond motifs is 1. The van der Waals surface area contributed by atoms with Crippen molar-refractivity contribution >= 4 is 72.5 Å². The van der Waals surface area contributed by atoms with E-state index in [-0.39, 0.29) is 0 Å². The van der Waals surface area contributed by atoms with Crippen molar-refractivity contribution in [3.8, 4) is 0 Å². The van der Waals surface area contributed by atoms with E-state index in [0.29, 0.717) is 16.1 Å². The molecule has 0 radical (unpaired) electrons. The van der Waals surface area contributed by atoms with E-state index in [0.717, 1.165) is 44.9 Å². The van der Waals surface area contributed by atoms with Crippen LogP contribution in [0, 0.1) is 0 Å². The van der Waals surface area contributed by atoms with E-state index in [9.17, 15) is 0 Å². The lowest BCUT2D eigenvalue weighted by atomic mass is 10.1. The second kappa shape index (κ2) is 9.56. The minimum Gasteiger partial charge on any atom is -0.361 e. The summed E-state index contributed by atoms with van der Waals surface area (Å²) in [4.78, 5) is 9.32. The predicted molar refractivity (Wildman–Crippen MR) is 130 cm³/mol. The first-order valence-corrected chi connectivity index (χ1v) is 12.2. The first-order valence-electron chi connectivity index (χ1n) is 9.66. The number of rotatable bonds is 7. The molecule has 0 bridgehead atoms. The van der Waals surface area contributed by atoms with E-state index in [2.05, 4.69) is 46.8 Å². The van der Waals surface area contributed by atoms with Crippen LogP contribution in [0.15, 0.2) is 41.4 Å². The van der Waals surface area contributed by atoms with E-state index in [1.165, 1.54) is 18.4 Å². The minimum absolute atomic E-state index is 0.465. The third kappa shape index (κ3) is 5.37. The van der Waals surface area contributed by atoms with Gasteiger partial charge >= 0.3 is 0 Å². The molecule has 8 heteroatoms. The number of amidine groups is 1. The first-order chi connectivity index (χ1) is 14.1. The number of halogens is 2. The number of thioether (sulfide) groups is 1. The van der Waals surface area contributed by atoms with Crippen molar-refractivity contribution in [3.05, 3.63) is 52.0 Å². The zero-order valence-corrected chi connectivity index (χ0v) is 19.2. The van der Waals surface area contributed by atoms with E-state index in [1.807, 2.05) is 23.9 Å². The van der Waals surface area contributed by atoms with Crippen molar-refractivity contribution in [1.29, 1.82) is 0 Å². The molecule has 1 unspecified atom stereocenters. The summed E-state index contributed by atoms with van der Waals surface area (Å²) in [6, 6.07) is 12.7. The van der Waals surface area contributed by atoms with Gasteiger partial charge in [0, 0.05) is 18.0 Å². The van der Waals surface area contributed by atoms with Crippen molar-refractivity contribution in [2.24, 2.45) is 4.99 Å². The molecule has 1 aromatic heterocycles. The molecule has 1 atom stereocenters. The van der Waals surface area contributed by atoms with E-state index < -0.39 is 0 Å². The number of aliphatic imine (C=N–C) groups is 1. The summed E-state index contributed by atoms with van der Waals surface area (Å²) in [6.45, 7) is 3.02. The maximum atomic E-state index is 6.08. The van der Waals surface area contributed by atoms with Gasteiger partial charge in [0.2, 0.25) is 0 Å². The number of nitrogens with zero attached hydrogens (tertiary/aromatic N) is 2. The molecule has 0 aliphatic carbocycles. The second-order valence-electron chi connectivity index (χ2n) is 6.94. The predicted octanol–water partition coefficient (Wildman–Crippen LogP) is 6.94. The minimum atomic E-state index is 0.465. The molecule has 2 heterocycles. The first kappa shape index (κ1) is 20.8. The molecule has 0 saturated heterocycles. The monoisotopic (exact) mass is 464 g/mol. The van der Waals surface area contributed by atoms with Crippen LogP contribution >= 0.6 is 46.3 Å². The van der Waals surface area contributed by atoms with Crippen LogP contribution in [0.5, 0.6) is 0 Å². The van der Waals surface area contributed by atoms with Crippen molar-refractivity contribution in [2.75, 3.05) is 22.9 Å². The normalized spacial score (nSPS) is 16.2. The second-order valence-corrected chi connectivity index (χ2v) is 9.79. The third-order valence-electron chi connectivity index (χ3n) is 4.66. The van der Waals surface area contributed by atoms with Crippen molar-refractivity contribution in [2.45, 2.75) is 32.2 Å². The number of hydrogen-bond donors (Lipinski definition) is 2. The summed E-state index contributed by atoms with van der Waals surface area (Å²) in [5.74, 6) is 1.09. The van der Waals surface area contributed by atoms with Gasteiger partial charge < -0.3 is 10.6 Å². The van der Waals surface area contributed by atoms with E-state index in [1.54, 1.807) is 11.3 Å². The largest absolute Gasteiger partial charge is 0.361 e. The summed E-state index contributed by atoms with van der Waals surface area (Å²) in [6.07, 6.45) is 3.27. The molecule has 0 amide bonds. The Bertz CT molecular complexity index is 978. The molecule has 2 aromatic carbocycles. The molecule has 152 valence electrons. The van der Waals surface area contributed by atoms with Crippen LogP contribution in [-0.2, 0) is 6.42 Å². The summed E-state index contributed by atoms with van der Waals surface area (Å²) in [5, 5.41) is 9.84. The number of anilines is 2. The highest BCUT2D eigenvalue weighted by Crippen LogP contribution is 2.33. The van der Waals surface area contributed by atoms with Crippen LogP contribution in [0.1, 0.15) is 25.3 Å². The van der Waals surface area contributed by atoms with Gasteiger partial charge in [0.25, 0.3) is 0 Å². The Labute approximate surface area is 189 Å². The summed E-state index contributed by atoms with van der Waals surface area (Å²) < 4.78 is 1.03. The van der Waals surface area contributed by atoms with Gasteiger partial charge in [-0.2, -0.15) is 0 Å². The summed E-state index contributed by atoms with van der Waals surface area (Å²) in [5.41, 5.74) is 3.24. The van der Waals surface area contributed by atoms with Crippen molar-refractivity contribution in [1.82, 2.24) is 4.98 Å². The number of aromatic nitrogens is 1. The highest BCUT2D eigenvalue weighted by Gasteiger charge is 2.17. The highest BCUT2D eigenvalue weighted by molar-refractivity contribution is 8.14. The number of nitrogens with one attached hydrogen (secondary N) is 2. The quantitative estimate of drug-likeness (QED) is 0.397. The molecule has 4 nitrogen and oxygen atoms in total. The summed E-state index contributed by atoms with van der Waals surface area (Å²) >= 11 is 15.5. The van der Waals surface area contributed by atoms with Crippen LogP contribution in [-0.4, -0.2) is 28.5 Å². The van der Waals surface area contributed by atoms with Gasteiger partial charge in [-0.05, 0) is 42.7 Å². The number of benzene rings is 2. The molecule has 29 heavy (non-hydrogen) atoms. The SMILES string of the molecule is CCCC1CSC(Nc2ccc(CCNc3nc4cc(Cl)c(Cl)cc4s3)cc2)=N1. The Morgan fingerprint density at radius 2 is 1.93 bits per heavy atom. The smallest absolute Gasteiger partial charge is 0.183 e. The number of thiazole rings is 1. The van der Waals surface area contributed by atoms with Crippen LogP contribution < -0.4 is 10.6 Å². The average molecular weight is 465 g/mol. The molecule has 2 N–H and O–H groups in total. The number of hydrogen-bond acceptors (Lipinski definition) is 6. The Hall–Kier alpha value is -1.47. The molecular weight excluding hydrogens is 443 g/mol. The van der Waals surface area contributed by atoms with Gasteiger partial charge in [0.1, 0.15) is 0 Å². The van der Waals surface area contributed by atoms with Gasteiger partial charge in [-0.3, -0.25) is 4.99 Å². The topological polar surface area (TPSA) is 49.3 Å². The van der Waals surface area contributed by atoms with Gasteiger partial charge in [-0.1, -0.05) is 71.8 Å². The fourth-order valence-electron chi connectivity index (χ4n) is 3.16. The van der Waals surface area contributed by atoms with Crippen LogP contribution in [0.3, 0.4) is 0 Å². The fourth-order valence-corrected chi connectivity index (χ4v) is 5.46. The van der Waals surface area contributed by atoms with Crippen molar-refractivity contribution in [3.63, 3.8) is 0 Å². The molecule has 1 aliphatic rings. The molecular formula is C21H22Cl2N4S2. The Morgan fingerprint density at radius 1 is 1.14 bits per heavy atom. The van der Waals surface area contributed by atoms with Gasteiger partial charge in [-0.25, -0.2) is 4.98 Å². The lowest BCUT2D eigenvalue weighted by Crippen LogP contribution is -2.06. The van der Waals surface area contributed by atoms with Gasteiger partial charge in [0.05, 0.1) is 26.3 Å². The van der Waals surface area contributed by atoms with Crippen molar-refractivity contribution < 1.29 is 0 Å². The van der Waals surface area contributed by atoms with E-state index in [4.69, 9.17) is 28.2 Å². The maximum Gasteiger partial charge on any atom is 0.183 e. The van der Waals surface area contributed by atoms with Crippen LogP contribution in [0.4, 0.5) is 10.8 Å². The third-order valence-corrected chi connectivity index (χ3v) is 7.39. The molecule has 3 aromatic rings. The van der Waals surface area contributed by atoms with E-state index >= 15 is 0 Å². The van der Waals surface area contributed by atoms with Crippen LogP contribution in [0.2, 0.25) is 10.0 Å². The van der Waals surface area contributed by atoms with Crippen LogP contribution in [0.25, 0.3) is 10.2 Å².